The van der Waals surface area contributed by atoms with Crippen LogP contribution in [0.3, 0.4) is 0 Å². The summed E-state index contributed by atoms with van der Waals surface area (Å²) in [5, 5.41) is 11.6. The van der Waals surface area contributed by atoms with Gasteiger partial charge in [-0.1, -0.05) is 0 Å². The lowest BCUT2D eigenvalue weighted by molar-refractivity contribution is 0.408. The molecule has 0 aliphatic rings. The van der Waals surface area contributed by atoms with Gasteiger partial charge in [-0.25, -0.2) is 4.98 Å². The molecule has 1 aromatic carbocycles. The lowest BCUT2D eigenvalue weighted by Gasteiger charge is -2.14. The average molecular weight is 272 g/mol. The number of aromatic nitrogens is 1. The smallest absolute Gasteiger partial charge is 0.124 e. The van der Waals surface area contributed by atoms with E-state index in [-0.39, 0.29) is 0 Å². The monoisotopic (exact) mass is 272 g/mol. The van der Waals surface area contributed by atoms with Crippen molar-refractivity contribution in [3.8, 4) is 23.1 Å². The Labute approximate surface area is 117 Å². The number of nitriles is 1. The molecule has 0 radical (unpaired) electrons. The number of rotatable bonds is 3. The van der Waals surface area contributed by atoms with Crippen molar-refractivity contribution in [3.63, 3.8) is 0 Å². The fraction of sp³-hybridized carbons (Fsp3) is 0.333. The van der Waals surface area contributed by atoms with Crippen molar-refractivity contribution in [2.45, 2.75) is 27.2 Å². The second kappa shape index (κ2) is 5.41. The van der Waals surface area contributed by atoms with Gasteiger partial charge in [0, 0.05) is 10.9 Å². The fourth-order valence-electron chi connectivity index (χ4n) is 2.22. The molecule has 1 heterocycles. The van der Waals surface area contributed by atoms with E-state index in [4.69, 9.17) is 10.00 Å². The molecule has 0 amide bonds. The number of hydrogen-bond acceptors (Lipinski definition) is 4. The van der Waals surface area contributed by atoms with Gasteiger partial charge in [0.25, 0.3) is 0 Å². The molecule has 3 nitrogen and oxygen atoms in total. The highest BCUT2D eigenvalue weighted by Crippen LogP contribution is 2.34. The number of methoxy groups -OCH3 is 1. The number of nitrogens with zero attached hydrogens (tertiary/aromatic N) is 2. The molecule has 0 fully saturated rings. The van der Waals surface area contributed by atoms with Gasteiger partial charge >= 0.3 is 0 Å². The first-order chi connectivity index (χ1) is 9.08. The molecule has 4 heteroatoms. The third-order valence-electron chi connectivity index (χ3n) is 3.29. The summed E-state index contributed by atoms with van der Waals surface area (Å²) < 4.78 is 5.43. The molecule has 0 saturated heterocycles. The Bertz CT molecular complexity index is 653. The van der Waals surface area contributed by atoms with E-state index in [9.17, 15) is 0 Å². The van der Waals surface area contributed by atoms with E-state index in [1.54, 1.807) is 7.11 Å². The van der Waals surface area contributed by atoms with Crippen LogP contribution in [0.15, 0.2) is 11.4 Å². The van der Waals surface area contributed by atoms with Gasteiger partial charge in [-0.3, -0.25) is 0 Å². The lowest BCUT2D eigenvalue weighted by atomic mass is 9.97. The highest BCUT2D eigenvalue weighted by atomic mass is 32.1. The topological polar surface area (TPSA) is 45.9 Å². The number of ether oxygens (including phenoxy) is 1. The number of aryl methyl sites for hydroxylation is 1. The van der Waals surface area contributed by atoms with Crippen molar-refractivity contribution in [1.29, 1.82) is 5.26 Å². The molecular formula is C15H16N2OS. The van der Waals surface area contributed by atoms with Crippen molar-refractivity contribution in [2.24, 2.45) is 0 Å². The molecule has 0 saturated carbocycles. The third-order valence-corrected chi connectivity index (χ3v) is 4.14. The van der Waals surface area contributed by atoms with Gasteiger partial charge in [-0.15, -0.1) is 11.3 Å². The second-order valence-electron chi connectivity index (χ2n) is 4.49. The van der Waals surface area contributed by atoms with Crippen LogP contribution in [-0.4, -0.2) is 12.1 Å². The molecule has 0 atom stereocenters. The van der Waals surface area contributed by atoms with Crippen LogP contribution in [0, 0.1) is 32.1 Å². The van der Waals surface area contributed by atoms with E-state index in [1.807, 2.05) is 12.3 Å². The zero-order chi connectivity index (χ0) is 14.0. The Morgan fingerprint density at radius 2 is 2.05 bits per heavy atom. The van der Waals surface area contributed by atoms with Gasteiger partial charge in [0.2, 0.25) is 0 Å². The quantitative estimate of drug-likeness (QED) is 0.853. The molecule has 0 N–H and O–H groups in total. The summed E-state index contributed by atoms with van der Waals surface area (Å²) in [7, 11) is 1.70. The number of hydrogen-bond donors (Lipinski definition) is 0. The zero-order valence-corrected chi connectivity index (χ0v) is 12.4. The van der Waals surface area contributed by atoms with Crippen LogP contribution < -0.4 is 4.74 Å². The van der Waals surface area contributed by atoms with Gasteiger partial charge in [-0.2, -0.15) is 5.26 Å². The molecule has 19 heavy (non-hydrogen) atoms. The van der Waals surface area contributed by atoms with Crippen molar-refractivity contribution in [1.82, 2.24) is 4.98 Å². The van der Waals surface area contributed by atoms with Crippen molar-refractivity contribution < 1.29 is 4.74 Å². The Hall–Kier alpha value is -1.86. The van der Waals surface area contributed by atoms with Crippen LogP contribution >= 0.6 is 11.3 Å². The molecule has 2 aromatic rings. The van der Waals surface area contributed by atoms with Gasteiger partial charge in [0.1, 0.15) is 10.8 Å². The van der Waals surface area contributed by atoms with Crippen molar-refractivity contribution in [3.05, 3.63) is 33.1 Å². The first kappa shape index (κ1) is 13.6. The Morgan fingerprint density at radius 3 is 2.68 bits per heavy atom. The standard InChI is InChI=1S/C15H16N2OS/c1-9-7-12(10(2)11(3)15(9)18-4)13-8-19-14(17-13)5-6-16/h7-8H,5H2,1-4H3. The van der Waals surface area contributed by atoms with E-state index < -0.39 is 0 Å². The summed E-state index contributed by atoms with van der Waals surface area (Å²) in [5.41, 5.74) is 5.50. The molecule has 0 spiro atoms. The summed E-state index contributed by atoms with van der Waals surface area (Å²) in [4.78, 5) is 4.52. The molecule has 2 rings (SSSR count). The molecular weight excluding hydrogens is 256 g/mol. The zero-order valence-electron chi connectivity index (χ0n) is 11.6. The largest absolute Gasteiger partial charge is 0.496 e. The maximum atomic E-state index is 8.71. The van der Waals surface area contributed by atoms with Gasteiger partial charge < -0.3 is 4.74 Å². The molecule has 0 unspecified atom stereocenters. The summed E-state index contributed by atoms with van der Waals surface area (Å²) in [6.07, 6.45) is 0.373. The molecule has 1 aromatic heterocycles. The maximum absolute atomic E-state index is 8.71. The van der Waals surface area contributed by atoms with E-state index in [0.29, 0.717) is 6.42 Å². The highest BCUT2D eigenvalue weighted by Gasteiger charge is 2.14. The van der Waals surface area contributed by atoms with Gasteiger partial charge in [0.15, 0.2) is 0 Å². The Balaban J connectivity index is 2.53. The van der Waals surface area contributed by atoms with E-state index in [1.165, 1.54) is 16.9 Å². The molecule has 98 valence electrons. The summed E-state index contributed by atoms with van der Waals surface area (Å²) in [6.45, 7) is 6.18. The number of thiazole rings is 1. The average Bonchev–Trinajstić information content (AvgIpc) is 2.83. The predicted molar refractivity (Wildman–Crippen MR) is 77.6 cm³/mol. The fourth-order valence-corrected chi connectivity index (χ4v) is 2.95. The highest BCUT2D eigenvalue weighted by molar-refractivity contribution is 7.10. The minimum absolute atomic E-state index is 0.373. The normalized spacial score (nSPS) is 10.3. The summed E-state index contributed by atoms with van der Waals surface area (Å²) in [6, 6.07) is 4.24. The van der Waals surface area contributed by atoms with E-state index in [0.717, 1.165) is 33.1 Å². The van der Waals surface area contributed by atoms with Crippen LogP contribution in [0.1, 0.15) is 21.7 Å². The second-order valence-corrected chi connectivity index (χ2v) is 5.43. The lowest BCUT2D eigenvalue weighted by Crippen LogP contribution is -1.96. The SMILES string of the molecule is COc1c(C)cc(-c2csc(CC#N)n2)c(C)c1C. The molecule has 0 bridgehead atoms. The summed E-state index contributed by atoms with van der Waals surface area (Å²) >= 11 is 1.53. The molecule has 0 aliphatic carbocycles. The van der Waals surface area contributed by atoms with Crippen LogP contribution in [0.4, 0.5) is 0 Å². The van der Waals surface area contributed by atoms with Crippen molar-refractivity contribution >= 4 is 11.3 Å². The number of benzene rings is 1. The first-order valence-corrected chi connectivity index (χ1v) is 6.93. The van der Waals surface area contributed by atoms with E-state index >= 15 is 0 Å². The predicted octanol–water partition coefficient (Wildman–Crippen LogP) is 3.81. The van der Waals surface area contributed by atoms with Gasteiger partial charge in [-0.05, 0) is 43.5 Å². The maximum Gasteiger partial charge on any atom is 0.124 e. The van der Waals surface area contributed by atoms with Crippen LogP contribution in [0.5, 0.6) is 5.75 Å². The molecule has 0 aliphatic heterocycles. The Kier molecular flexibility index (Phi) is 3.87. The Morgan fingerprint density at radius 1 is 1.32 bits per heavy atom. The minimum Gasteiger partial charge on any atom is -0.496 e. The van der Waals surface area contributed by atoms with Crippen LogP contribution in [0.2, 0.25) is 0 Å². The first-order valence-electron chi connectivity index (χ1n) is 6.05. The minimum atomic E-state index is 0.373. The summed E-state index contributed by atoms with van der Waals surface area (Å²) in [5.74, 6) is 0.939. The van der Waals surface area contributed by atoms with Crippen LogP contribution in [-0.2, 0) is 6.42 Å². The van der Waals surface area contributed by atoms with Crippen molar-refractivity contribution in [2.75, 3.05) is 7.11 Å². The van der Waals surface area contributed by atoms with Crippen LogP contribution in [0.25, 0.3) is 11.3 Å². The van der Waals surface area contributed by atoms with E-state index in [2.05, 4.69) is 31.0 Å². The third kappa shape index (κ3) is 2.47. The van der Waals surface area contributed by atoms with Gasteiger partial charge in [0.05, 0.1) is 25.3 Å².